The van der Waals surface area contributed by atoms with Crippen LogP contribution < -0.4 is 9.28 Å². The van der Waals surface area contributed by atoms with Gasteiger partial charge < -0.3 is 9.47 Å². The summed E-state index contributed by atoms with van der Waals surface area (Å²) in [5.74, 6) is 0.394. The number of hydrogen-bond donors (Lipinski definition) is 1. The lowest BCUT2D eigenvalue weighted by Gasteiger charge is -2.47. The van der Waals surface area contributed by atoms with E-state index in [-0.39, 0.29) is 0 Å². The number of piperidine rings is 1. The minimum absolute atomic E-state index is 0.499. The predicted octanol–water partition coefficient (Wildman–Crippen LogP) is 4.52. The zero-order chi connectivity index (χ0) is 21.5. The molecule has 164 valence electrons. The third-order valence-electron chi connectivity index (χ3n) is 7.24. The van der Waals surface area contributed by atoms with Crippen molar-refractivity contribution in [3.05, 3.63) is 71.3 Å². The molecule has 1 saturated heterocycles. The van der Waals surface area contributed by atoms with Gasteiger partial charge in [-0.1, -0.05) is 36.8 Å². The highest BCUT2D eigenvalue weighted by Crippen LogP contribution is 2.41. The Morgan fingerprint density at radius 3 is 2.56 bits per heavy atom. The van der Waals surface area contributed by atoms with Crippen molar-refractivity contribution in [2.24, 2.45) is 0 Å². The smallest absolute Gasteiger partial charge is 0.258 e. The molecule has 0 atom stereocenters. The molecule has 32 heavy (non-hydrogen) atoms. The van der Waals surface area contributed by atoms with Crippen LogP contribution in [0.5, 0.6) is 5.75 Å². The van der Waals surface area contributed by atoms with E-state index in [1.165, 1.54) is 25.5 Å². The number of fused-ring (bicyclic) bond motifs is 1. The molecule has 2 aliphatic heterocycles. The highest BCUT2D eigenvalue weighted by molar-refractivity contribution is 5.80. The van der Waals surface area contributed by atoms with Crippen LogP contribution in [0.2, 0.25) is 0 Å². The van der Waals surface area contributed by atoms with Gasteiger partial charge in [-0.3, -0.25) is 4.90 Å². The zero-order valence-electron chi connectivity index (χ0n) is 18.1. The van der Waals surface area contributed by atoms with E-state index in [0.29, 0.717) is 6.61 Å². The van der Waals surface area contributed by atoms with Gasteiger partial charge in [-0.05, 0) is 36.6 Å². The van der Waals surface area contributed by atoms with Gasteiger partial charge in [0, 0.05) is 54.7 Å². The molecule has 3 aromatic rings. The molecule has 0 unspecified atom stereocenters. The third kappa shape index (κ3) is 3.53. The molecule has 0 radical (unpaired) electrons. The van der Waals surface area contributed by atoms with E-state index in [1.807, 2.05) is 48.5 Å². The standard InChI is InChI=1S/C26H28N3O3/c30-29-14-11-23(19-5-2-1-3-6-19)25(27-29)20-9-10-24-21(17-20)18-31-26(32-24)12-15-28(16-13-26)22-7-4-8-22/h1-3,5-6,9-11,14,17,22H,4,7-8,12-13,15-16,18H2,(H,27,30)/q+1. The molecular weight excluding hydrogens is 402 g/mol. The number of hydrogen-bond acceptors (Lipinski definition) is 4. The molecular formula is C26H28N3O3+. The summed E-state index contributed by atoms with van der Waals surface area (Å²) in [6.45, 7) is 2.61. The number of nitrogens with zero attached hydrogens (tertiary/aromatic N) is 2. The van der Waals surface area contributed by atoms with E-state index in [2.05, 4.69) is 16.1 Å². The first kappa shape index (κ1) is 19.7. The summed E-state index contributed by atoms with van der Waals surface area (Å²) < 4.78 is 13.5. The second-order valence-corrected chi connectivity index (χ2v) is 9.15. The molecule has 3 aliphatic rings. The highest BCUT2D eigenvalue weighted by atomic mass is 16.7. The lowest BCUT2D eigenvalue weighted by Crippen LogP contribution is -2.54. The fourth-order valence-corrected chi connectivity index (χ4v) is 5.13. The second-order valence-electron chi connectivity index (χ2n) is 9.15. The normalized spacial score (nSPS) is 20.4. The fraction of sp³-hybridized carbons (Fsp3) is 0.385. The predicted molar refractivity (Wildman–Crippen MR) is 122 cm³/mol. The molecule has 2 fully saturated rings. The van der Waals surface area contributed by atoms with Crippen molar-refractivity contribution in [3.8, 4) is 28.1 Å². The van der Waals surface area contributed by atoms with Gasteiger partial charge in [0.2, 0.25) is 5.79 Å². The van der Waals surface area contributed by atoms with Crippen molar-refractivity contribution in [2.45, 2.75) is 50.5 Å². The number of rotatable bonds is 3. The van der Waals surface area contributed by atoms with Crippen LogP contribution in [0, 0.1) is 4.91 Å². The number of H-pyrrole nitrogens is 1. The van der Waals surface area contributed by atoms with Gasteiger partial charge in [-0.15, -0.1) is 5.10 Å². The molecule has 6 heteroatoms. The van der Waals surface area contributed by atoms with Gasteiger partial charge in [0.15, 0.2) is 4.54 Å². The van der Waals surface area contributed by atoms with Crippen molar-refractivity contribution in [2.75, 3.05) is 13.1 Å². The SMILES string of the molecule is O=[n+]1ccc(-c2ccccc2)c(-c2ccc3c(c2)COC2(CCN(C4CCC4)CC2)O3)[nH]1. The fourth-order valence-electron chi connectivity index (χ4n) is 5.13. The van der Waals surface area contributed by atoms with E-state index in [9.17, 15) is 4.91 Å². The highest BCUT2D eigenvalue weighted by Gasteiger charge is 2.42. The van der Waals surface area contributed by atoms with E-state index >= 15 is 0 Å². The number of aromatic amines is 1. The van der Waals surface area contributed by atoms with Crippen LogP contribution in [0.25, 0.3) is 22.4 Å². The number of nitrogens with one attached hydrogen (secondary N) is 1. The van der Waals surface area contributed by atoms with Crippen molar-refractivity contribution >= 4 is 0 Å². The van der Waals surface area contributed by atoms with Crippen molar-refractivity contribution < 1.29 is 14.0 Å². The lowest BCUT2D eigenvalue weighted by molar-refractivity contribution is -0.563. The Balaban J connectivity index is 1.27. The average Bonchev–Trinajstić information content (AvgIpc) is 2.80. The van der Waals surface area contributed by atoms with Crippen LogP contribution in [-0.2, 0) is 11.3 Å². The maximum atomic E-state index is 12.0. The summed E-state index contributed by atoms with van der Waals surface area (Å²) in [7, 11) is 0. The minimum Gasteiger partial charge on any atom is -0.462 e. The Labute approximate surface area is 187 Å². The summed E-state index contributed by atoms with van der Waals surface area (Å²) in [5, 5.41) is 2.95. The summed E-state index contributed by atoms with van der Waals surface area (Å²) in [5.41, 5.74) is 4.78. The van der Waals surface area contributed by atoms with Gasteiger partial charge in [-0.25, -0.2) is 0 Å². The van der Waals surface area contributed by atoms with Gasteiger partial charge in [0.05, 0.1) is 11.5 Å². The van der Waals surface area contributed by atoms with Gasteiger partial charge >= 0.3 is 0 Å². The van der Waals surface area contributed by atoms with E-state index < -0.39 is 5.79 Å². The Hall–Kier alpha value is -2.96. The molecule has 1 saturated carbocycles. The topological polar surface area (TPSA) is 60.5 Å². The van der Waals surface area contributed by atoms with Crippen LogP contribution in [-0.4, -0.2) is 34.9 Å². The largest absolute Gasteiger partial charge is 0.462 e. The van der Waals surface area contributed by atoms with E-state index in [4.69, 9.17) is 9.47 Å². The molecule has 3 heterocycles. The molecule has 1 aromatic heterocycles. The Bertz CT molecular complexity index is 1180. The number of benzene rings is 2. The van der Waals surface area contributed by atoms with Crippen LogP contribution >= 0.6 is 0 Å². The van der Waals surface area contributed by atoms with Crippen LogP contribution in [0.3, 0.4) is 0 Å². The number of aromatic nitrogens is 2. The first-order valence-corrected chi connectivity index (χ1v) is 11.6. The summed E-state index contributed by atoms with van der Waals surface area (Å²) in [4.78, 5) is 14.7. The molecule has 0 amide bonds. The molecule has 6 nitrogen and oxygen atoms in total. The Morgan fingerprint density at radius 2 is 1.81 bits per heavy atom. The Morgan fingerprint density at radius 1 is 1.00 bits per heavy atom. The maximum Gasteiger partial charge on any atom is 0.258 e. The Kier molecular flexibility index (Phi) is 4.85. The molecule has 0 bridgehead atoms. The molecule has 1 spiro atoms. The number of ether oxygens (including phenoxy) is 2. The minimum atomic E-state index is -0.499. The van der Waals surface area contributed by atoms with Crippen molar-refractivity contribution in [1.82, 2.24) is 10.00 Å². The molecule has 2 aromatic carbocycles. The first-order chi connectivity index (χ1) is 15.7. The van der Waals surface area contributed by atoms with E-state index in [0.717, 1.165) is 70.2 Å². The van der Waals surface area contributed by atoms with Crippen molar-refractivity contribution in [1.29, 1.82) is 0 Å². The van der Waals surface area contributed by atoms with Gasteiger partial charge in [-0.2, -0.15) is 0 Å². The monoisotopic (exact) mass is 430 g/mol. The van der Waals surface area contributed by atoms with Gasteiger partial charge in [0.1, 0.15) is 11.4 Å². The van der Waals surface area contributed by atoms with E-state index in [1.54, 1.807) is 0 Å². The van der Waals surface area contributed by atoms with Gasteiger partial charge in [0.25, 0.3) is 6.20 Å². The van der Waals surface area contributed by atoms with Crippen molar-refractivity contribution in [3.63, 3.8) is 0 Å². The summed E-state index contributed by atoms with van der Waals surface area (Å²) >= 11 is 0. The van der Waals surface area contributed by atoms with Crippen LogP contribution in [0.1, 0.15) is 37.7 Å². The van der Waals surface area contributed by atoms with Crippen LogP contribution in [0.4, 0.5) is 0 Å². The zero-order valence-corrected chi connectivity index (χ0v) is 18.1. The summed E-state index contributed by atoms with van der Waals surface area (Å²) in [6, 6.07) is 18.8. The molecule has 1 aliphatic carbocycles. The maximum absolute atomic E-state index is 12.0. The summed E-state index contributed by atoms with van der Waals surface area (Å²) in [6.07, 6.45) is 7.36. The number of likely N-dealkylation sites (tertiary alicyclic amines) is 1. The first-order valence-electron chi connectivity index (χ1n) is 11.6. The second kappa shape index (κ2) is 7.87. The average molecular weight is 431 g/mol. The molecule has 6 rings (SSSR count). The lowest BCUT2D eigenvalue weighted by atomic mass is 9.89. The third-order valence-corrected chi connectivity index (χ3v) is 7.24. The van der Waals surface area contributed by atoms with Crippen LogP contribution in [0.15, 0.2) is 60.8 Å². The molecule has 1 N–H and O–H groups in total. The quantitative estimate of drug-likeness (QED) is 0.621.